The molecular formula is C8H13N3. The summed E-state index contributed by atoms with van der Waals surface area (Å²) in [7, 11) is 0. The van der Waals surface area contributed by atoms with Crippen LogP contribution in [0.3, 0.4) is 0 Å². The quantitative estimate of drug-likeness (QED) is 0.654. The van der Waals surface area contributed by atoms with Crippen molar-refractivity contribution in [3.8, 4) is 0 Å². The molecule has 11 heavy (non-hydrogen) atoms. The van der Waals surface area contributed by atoms with Crippen molar-refractivity contribution in [2.24, 2.45) is 5.73 Å². The van der Waals surface area contributed by atoms with E-state index in [4.69, 9.17) is 5.73 Å². The van der Waals surface area contributed by atoms with Crippen molar-refractivity contribution in [2.45, 2.75) is 26.8 Å². The first kappa shape index (κ1) is 8.14. The lowest BCUT2D eigenvalue weighted by Crippen LogP contribution is -2.11. The third-order valence-corrected chi connectivity index (χ3v) is 1.41. The summed E-state index contributed by atoms with van der Waals surface area (Å²) in [5, 5.41) is 0. The van der Waals surface area contributed by atoms with Crippen LogP contribution in [0.4, 0.5) is 0 Å². The van der Waals surface area contributed by atoms with Crippen LogP contribution in [-0.2, 0) is 0 Å². The Morgan fingerprint density at radius 2 is 1.73 bits per heavy atom. The van der Waals surface area contributed by atoms with Crippen LogP contribution in [0, 0.1) is 13.8 Å². The fourth-order valence-corrected chi connectivity index (χ4v) is 0.957. The molecule has 0 bridgehead atoms. The van der Waals surface area contributed by atoms with Crippen LogP contribution in [0.25, 0.3) is 0 Å². The standard InChI is InChI=1S/C8H13N3/c1-5-4-6(2)11-8(10-5)7(3)9/h4,7H,9H2,1-3H3. The molecule has 0 radical (unpaired) electrons. The van der Waals surface area contributed by atoms with Crippen LogP contribution >= 0.6 is 0 Å². The molecule has 1 atom stereocenters. The van der Waals surface area contributed by atoms with Gasteiger partial charge in [-0.05, 0) is 26.8 Å². The van der Waals surface area contributed by atoms with Gasteiger partial charge < -0.3 is 5.73 Å². The van der Waals surface area contributed by atoms with Crippen molar-refractivity contribution < 1.29 is 0 Å². The van der Waals surface area contributed by atoms with Gasteiger partial charge in [0.1, 0.15) is 5.82 Å². The molecule has 1 unspecified atom stereocenters. The first-order valence-corrected chi connectivity index (χ1v) is 3.67. The number of nitrogens with two attached hydrogens (primary N) is 1. The second-order valence-corrected chi connectivity index (χ2v) is 2.80. The summed E-state index contributed by atoms with van der Waals surface area (Å²) in [5.74, 6) is 0.725. The first-order chi connectivity index (χ1) is 5.09. The van der Waals surface area contributed by atoms with E-state index in [-0.39, 0.29) is 6.04 Å². The van der Waals surface area contributed by atoms with Gasteiger partial charge in [-0.2, -0.15) is 0 Å². The van der Waals surface area contributed by atoms with Gasteiger partial charge in [0.25, 0.3) is 0 Å². The lowest BCUT2D eigenvalue weighted by molar-refractivity contribution is 0.726. The minimum Gasteiger partial charge on any atom is -0.322 e. The molecule has 3 heteroatoms. The molecule has 0 spiro atoms. The van der Waals surface area contributed by atoms with Crippen LogP contribution in [0.15, 0.2) is 6.07 Å². The summed E-state index contributed by atoms with van der Waals surface area (Å²) in [6.45, 7) is 5.77. The van der Waals surface area contributed by atoms with Gasteiger partial charge in [0.2, 0.25) is 0 Å². The molecule has 1 aromatic rings. The third-order valence-electron chi connectivity index (χ3n) is 1.41. The van der Waals surface area contributed by atoms with Crippen molar-refractivity contribution in [1.29, 1.82) is 0 Å². The molecule has 3 nitrogen and oxygen atoms in total. The van der Waals surface area contributed by atoms with Crippen molar-refractivity contribution in [3.63, 3.8) is 0 Å². The predicted octanol–water partition coefficient (Wildman–Crippen LogP) is 1.11. The number of hydrogen-bond acceptors (Lipinski definition) is 3. The smallest absolute Gasteiger partial charge is 0.145 e. The summed E-state index contributed by atoms with van der Waals surface area (Å²) >= 11 is 0. The Balaban J connectivity index is 3.08. The largest absolute Gasteiger partial charge is 0.322 e. The molecule has 1 rings (SSSR count). The van der Waals surface area contributed by atoms with Gasteiger partial charge in [0.15, 0.2) is 0 Å². The summed E-state index contributed by atoms with van der Waals surface area (Å²) in [5.41, 5.74) is 7.58. The number of hydrogen-bond donors (Lipinski definition) is 1. The van der Waals surface area contributed by atoms with Gasteiger partial charge in [0, 0.05) is 11.4 Å². The van der Waals surface area contributed by atoms with E-state index in [0.717, 1.165) is 17.2 Å². The molecule has 60 valence electrons. The van der Waals surface area contributed by atoms with Crippen molar-refractivity contribution in [2.75, 3.05) is 0 Å². The topological polar surface area (TPSA) is 51.8 Å². The fourth-order valence-electron chi connectivity index (χ4n) is 0.957. The number of aryl methyl sites for hydroxylation is 2. The predicted molar refractivity (Wildman–Crippen MR) is 44.1 cm³/mol. The maximum Gasteiger partial charge on any atom is 0.145 e. The second-order valence-electron chi connectivity index (χ2n) is 2.80. The highest BCUT2D eigenvalue weighted by molar-refractivity contribution is 5.09. The van der Waals surface area contributed by atoms with Gasteiger partial charge in [-0.3, -0.25) is 0 Å². The lowest BCUT2D eigenvalue weighted by Gasteiger charge is -2.04. The Hall–Kier alpha value is -0.960. The van der Waals surface area contributed by atoms with Crippen LogP contribution in [-0.4, -0.2) is 9.97 Å². The Kier molecular flexibility index (Phi) is 2.19. The molecule has 0 fully saturated rings. The minimum absolute atomic E-state index is 0.0754. The van der Waals surface area contributed by atoms with Crippen molar-refractivity contribution >= 4 is 0 Å². The highest BCUT2D eigenvalue weighted by Crippen LogP contribution is 2.05. The van der Waals surface area contributed by atoms with Crippen LogP contribution in [0.1, 0.15) is 30.2 Å². The Bertz CT molecular complexity index is 235. The molecule has 0 saturated carbocycles. The maximum absolute atomic E-state index is 5.63. The number of nitrogens with zero attached hydrogens (tertiary/aromatic N) is 2. The fraction of sp³-hybridized carbons (Fsp3) is 0.500. The van der Waals surface area contributed by atoms with Gasteiger partial charge in [-0.1, -0.05) is 0 Å². The molecular weight excluding hydrogens is 138 g/mol. The zero-order valence-corrected chi connectivity index (χ0v) is 7.13. The molecule has 2 N–H and O–H groups in total. The highest BCUT2D eigenvalue weighted by Gasteiger charge is 2.02. The van der Waals surface area contributed by atoms with Gasteiger partial charge in [0.05, 0.1) is 6.04 Å². The average molecular weight is 151 g/mol. The second kappa shape index (κ2) is 2.96. The van der Waals surface area contributed by atoms with Gasteiger partial charge in [-0.25, -0.2) is 9.97 Å². The van der Waals surface area contributed by atoms with E-state index in [0.29, 0.717) is 0 Å². The Morgan fingerprint density at radius 1 is 1.27 bits per heavy atom. The highest BCUT2D eigenvalue weighted by atomic mass is 14.9. The molecule has 0 amide bonds. The Labute approximate surface area is 66.7 Å². The van der Waals surface area contributed by atoms with Crippen LogP contribution in [0.2, 0.25) is 0 Å². The van der Waals surface area contributed by atoms with E-state index in [1.165, 1.54) is 0 Å². The van der Waals surface area contributed by atoms with E-state index >= 15 is 0 Å². The Morgan fingerprint density at radius 3 is 2.09 bits per heavy atom. The molecule has 0 aliphatic rings. The molecule has 0 aromatic carbocycles. The van der Waals surface area contributed by atoms with E-state index < -0.39 is 0 Å². The number of rotatable bonds is 1. The van der Waals surface area contributed by atoms with E-state index in [1.54, 1.807) is 0 Å². The maximum atomic E-state index is 5.63. The van der Waals surface area contributed by atoms with Crippen LogP contribution in [0.5, 0.6) is 0 Å². The average Bonchev–Trinajstić information content (AvgIpc) is 1.85. The lowest BCUT2D eigenvalue weighted by atomic mass is 10.3. The van der Waals surface area contributed by atoms with Crippen molar-refractivity contribution in [3.05, 3.63) is 23.3 Å². The van der Waals surface area contributed by atoms with Crippen molar-refractivity contribution in [1.82, 2.24) is 9.97 Å². The van der Waals surface area contributed by atoms with Gasteiger partial charge in [-0.15, -0.1) is 0 Å². The SMILES string of the molecule is Cc1cc(C)nc(C(C)N)n1. The summed E-state index contributed by atoms with van der Waals surface area (Å²) in [6.07, 6.45) is 0. The molecule has 0 aliphatic carbocycles. The molecule has 0 saturated heterocycles. The third kappa shape index (κ3) is 1.98. The van der Waals surface area contributed by atoms with Gasteiger partial charge >= 0.3 is 0 Å². The summed E-state index contributed by atoms with van der Waals surface area (Å²) in [6, 6.07) is 1.86. The van der Waals surface area contributed by atoms with E-state index in [1.807, 2.05) is 26.8 Å². The summed E-state index contributed by atoms with van der Waals surface area (Å²) < 4.78 is 0. The molecule has 1 heterocycles. The van der Waals surface area contributed by atoms with E-state index in [2.05, 4.69) is 9.97 Å². The monoisotopic (exact) mass is 151 g/mol. The normalized spacial score (nSPS) is 13.1. The minimum atomic E-state index is -0.0754. The molecule has 1 aromatic heterocycles. The summed E-state index contributed by atoms with van der Waals surface area (Å²) in [4.78, 5) is 8.39. The van der Waals surface area contributed by atoms with E-state index in [9.17, 15) is 0 Å². The number of aromatic nitrogens is 2. The zero-order valence-electron chi connectivity index (χ0n) is 7.13. The van der Waals surface area contributed by atoms with Crippen LogP contribution < -0.4 is 5.73 Å². The molecule has 0 aliphatic heterocycles. The first-order valence-electron chi connectivity index (χ1n) is 3.67. The zero-order chi connectivity index (χ0) is 8.43.